The lowest BCUT2D eigenvalue weighted by molar-refractivity contribution is -0.132. The van der Waals surface area contributed by atoms with Gasteiger partial charge < -0.3 is 15.4 Å². The molecule has 0 radical (unpaired) electrons. The molecular formula is C9H14N2O3. The lowest BCUT2D eigenvalue weighted by atomic mass is 10.3. The molecule has 0 aromatic rings. The monoisotopic (exact) mass is 198 g/mol. The summed E-state index contributed by atoms with van der Waals surface area (Å²) in [4.78, 5) is 23.3. The molecule has 1 saturated heterocycles. The number of rotatable bonds is 5. The number of amides is 2. The zero-order valence-electron chi connectivity index (χ0n) is 7.94. The van der Waals surface area contributed by atoms with Crippen LogP contribution in [0.4, 0.5) is 0 Å². The van der Waals surface area contributed by atoms with E-state index in [4.69, 9.17) is 10.5 Å². The second-order valence-corrected chi connectivity index (χ2v) is 3.19. The Kier molecular flexibility index (Phi) is 3.64. The number of hydrogen-bond acceptors (Lipinski definition) is 3. The highest BCUT2D eigenvalue weighted by atomic mass is 16.5. The van der Waals surface area contributed by atoms with E-state index in [-0.39, 0.29) is 18.6 Å². The fourth-order valence-electron chi connectivity index (χ4n) is 1.39. The number of nitrogens with zero attached hydrogens (tertiary/aromatic N) is 1. The molecule has 1 heterocycles. The molecule has 0 spiro atoms. The number of hydrogen-bond donors (Lipinski definition) is 1. The van der Waals surface area contributed by atoms with Gasteiger partial charge in [0.05, 0.1) is 25.7 Å². The molecule has 1 fully saturated rings. The third-order valence-corrected chi connectivity index (χ3v) is 1.98. The van der Waals surface area contributed by atoms with Crippen LogP contribution in [0, 0.1) is 0 Å². The highest BCUT2D eigenvalue weighted by molar-refractivity contribution is 5.85. The topological polar surface area (TPSA) is 72.6 Å². The molecule has 0 aromatic heterocycles. The zero-order chi connectivity index (χ0) is 10.6. The number of carbonyl (C=O) groups is 2. The van der Waals surface area contributed by atoms with E-state index < -0.39 is 5.91 Å². The van der Waals surface area contributed by atoms with Crippen molar-refractivity contribution in [3.05, 3.63) is 12.7 Å². The molecule has 1 unspecified atom stereocenters. The maximum absolute atomic E-state index is 11.3. The lowest BCUT2D eigenvalue weighted by Gasteiger charge is -2.13. The predicted molar refractivity (Wildman–Crippen MR) is 50.3 cm³/mol. The molecule has 2 amide bonds. The quantitative estimate of drug-likeness (QED) is 0.592. The van der Waals surface area contributed by atoms with Crippen LogP contribution in [0.2, 0.25) is 0 Å². The van der Waals surface area contributed by atoms with E-state index in [0.29, 0.717) is 19.6 Å². The van der Waals surface area contributed by atoms with Gasteiger partial charge in [0.1, 0.15) is 0 Å². The third kappa shape index (κ3) is 2.85. The van der Waals surface area contributed by atoms with Crippen LogP contribution in [-0.2, 0) is 14.3 Å². The van der Waals surface area contributed by atoms with Crippen LogP contribution in [0.5, 0.6) is 0 Å². The largest absolute Gasteiger partial charge is 0.372 e. The van der Waals surface area contributed by atoms with E-state index in [0.717, 1.165) is 0 Å². The Morgan fingerprint density at radius 1 is 1.79 bits per heavy atom. The summed E-state index contributed by atoms with van der Waals surface area (Å²) in [5.41, 5.74) is 4.99. The Morgan fingerprint density at radius 3 is 3.07 bits per heavy atom. The van der Waals surface area contributed by atoms with Crippen LogP contribution in [0.3, 0.4) is 0 Å². The van der Waals surface area contributed by atoms with Gasteiger partial charge in [0.2, 0.25) is 11.8 Å². The van der Waals surface area contributed by atoms with Crippen molar-refractivity contribution in [3.63, 3.8) is 0 Å². The SMILES string of the molecule is C=CCOC1CC(=O)N(CC(N)=O)C1. The minimum atomic E-state index is -0.497. The summed E-state index contributed by atoms with van der Waals surface area (Å²) in [7, 11) is 0. The first-order valence-corrected chi connectivity index (χ1v) is 4.42. The number of ether oxygens (including phenoxy) is 1. The molecule has 78 valence electrons. The van der Waals surface area contributed by atoms with Gasteiger partial charge in [-0.2, -0.15) is 0 Å². The molecule has 0 bridgehead atoms. The van der Waals surface area contributed by atoms with Gasteiger partial charge in [0.15, 0.2) is 0 Å². The molecule has 5 nitrogen and oxygen atoms in total. The molecule has 0 saturated carbocycles. The zero-order valence-corrected chi connectivity index (χ0v) is 7.94. The summed E-state index contributed by atoms with van der Waals surface area (Å²) >= 11 is 0. The minimum Gasteiger partial charge on any atom is -0.372 e. The molecule has 5 heteroatoms. The fourth-order valence-corrected chi connectivity index (χ4v) is 1.39. The van der Waals surface area contributed by atoms with E-state index in [2.05, 4.69) is 6.58 Å². The van der Waals surface area contributed by atoms with E-state index in [1.807, 2.05) is 0 Å². The van der Waals surface area contributed by atoms with Crippen LogP contribution in [0.25, 0.3) is 0 Å². The minimum absolute atomic E-state index is 0.0210. The summed E-state index contributed by atoms with van der Waals surface area (Å²) < 4.78 is 5.30. The van der Waals surface area contributed by atoms with Crippen LogP contribution < -0.4 is 5.73 Å². The van der Waals surface area contributed by atoms with Gasteiger partial charge in [-0.25, -0.2) is 0 Å². The maximum atomic E-state index is 11.3. The fraction of sp³-hybridized carbons (Fsp3) is 0.556. The van der Waals surface area contributed by atoms with Crippen LogP contribution >= 0.6 is 0 Å². The van der Waals surface area contributed by atoms with E-state index >= 15 is 0 Å². The van der Waals surface area contributed by atoms with Crippen LogP contribution in [0.15, 0.2) is 12.7 Å². The van der Waals surface area contributed by atoms with Crippen molar-refractivity contribution in [1.82, 2.24) is 4.90 Å². The van der Waals surface area contributed by atoms with Crippen LogP contribution in [0.1, 0.15) is 6.42 Å². The third-order valence-electron chi connectivity index (χ3n) is 1.98. The number of likely N-dealkylation sites (tertiary alicyclic amines) is 1. The molecule has 14 heavy (non-hydrogen) atoms. The standard InChI is InChI=1S/C9H14N2O3/c1-2-3-14-7-4-9(13)11(5-7)6-8(10)12/h2,7H,1,3-6H2,(H2,10,12). The van der Waals surface area contributed by atoms with Gasteiger partial charge in [-0.15, -0.1) is 6.58 Å². The summed E-state index contributed by atoms with van der Waals surface area (Å²) in [6.45, 7) is 4.35. The maximum Gasteiger partial charge on any atom is 0.237 e. The van der Waals surface area contributed by atoms with Gasteiger partial charge in [-0.05, 0) is 0 Å². The van der Waals surface area contributed by atoms with E-state index in [1.165, 1.54) is 4.90 Å². The van der Waals surface area contributed by atoms with Gasteiger partial charge in [0, 0.05) is 6.54 Å². The number of carbonyl (C=O) groups excluding carboxylic acids is 2. The van der Waals surface area contributed by atoms with Crippen molar-refractivity contribution in [2.75, 3.05) is 19.7 Å². The summed E-state index contributed by atoms with van der Waals surface area (Å²) in [5, 5.41) is 0. The highest BCUT2D eigenvalue weighted by Gasteiger charge is 2.30. The first kappa shape index (κ1) is 10.7. The average molecular weight is 198 g/mol. The summed E-state index contributed by atoms with van der Waals surface area (Å²) in [6, 6.07) is 0. The van der Waals surface area contributed by atoms with Crippen molar-refractivity contribution in [2.45, 2.75) is 12.5 Å². The second-order valence-electron chi connectivity index (χ2n) is 3.19. The molecule has 1 aliphatic heterocycles. The highest BCUT2D eigenvalue weighted by Crippen LogP contribution is 2.13. The Bertz CT molecular complexity index is 252. The normalized spacial score (nSPS) is 21.3. The molecule has 0 aromatic carbocycles. The van der Waals surface area contributed by atoms with E-state index in [9.17, 15) is 9.59 Å². The summed E-state index contributed by atoms with van der Waals surface area (Å²) in [5.74, 6) is -0.583. The second kappa shape index (κ2) is 4.76. The Hall–Kier alpha value is -1.36. The van der Waals surface area contributed by atoms with Gasteiger partial charge in [0.25, 0.3) is 0 Å². The first-order chi connectivity index (χ1) is 6.63. The summed E-state index contributed by atoms with van der Waals surface area (Å²) in [6.07, 6.45) is 1.81. The van der Waals surface area contributed by atoms with Gasteiger partial charge in [-0.3, -0.25) is 9.59 Å². The Labute approximate surface area is 82.5 Å². The molecule has 0 aliphatic carbocycles. The van der Waals surface area contributed by atoms with Crippen molar-refractivity contribution in [2.24, 2.45) is 5.73 Å². The first-order valence-electron chi connectivity index (χ1n) is 4.42. The van der Waals surface area contributed by atoms with Crippen LogP contribution in [-0.4, -0.2) is 42.5 Å². The van der Waals surface area contributed by atoms with Crippen molar-refractivity contribution in [1.29, 1.82) is 0 Å². The molecule has 1 rings (SSSR count). The smallest absolute Gasteiger partial charge is 0.237 e. The predicted octanol–water partition coefficient (Wildman–Crippen LogP) is -0.725. The molecule has 2 N–H and O–H groups in total. The Morgan fingerprint density at radius 2 is 2.50 bits per heavy atom. The van der Waals surface area contributed by atoms with Crippen molar-refractivity contribution < 1.29 is 14.3 Å². The molecular weight excluding hydrogens is 184 g/mol. The lowest BCUT2D eigenvalue weighted by Crippen LogP contribution is -2.35. The molecule has 1 atom stereocenters. The van der Waals surface area contributed by atoms with Gasteiger partial charge in [-0.1, -0.05) is 6.08 Å². The van der Waals surface area contributed by atoms with Gasteiger partial charge >= 0.3 is 0 Å². The number of primary amides is 1. The Balaban J connectivity index is 2.39. The molecule has 1 aliphatic rings. The number of nitrogens with two attached hydrogens (primary N) is 1. The van der Waals surface area contributed by atoms with Crippen molar-refractivity contribution >= 4 is 11.8 Å². The van der Waals surface area contributed by atoms with Crippen molar-refractivity contribution in [3.8, 4) is 0 Å². The average Bonchev–Trinajstić information content (AvgIpc) is 2.43. The van der Waals surface area contributed by atoms with E-state index in [1.54, 1.807) is 6.08 Å².